The Kier molecular flexibility index (Phi) is 5.20. The Labute approximate surface area is 143 Å². The Balaban J connectivity index is 1.69. The quantitative estimate of drug-likeness (QED) is 0.815. The molecule has 0 N–H and O–H groups in total. The van der Waals surface area contributed by atoms with Gasteiger partial charge in [-0.3, -0.25) is 4.90 Å². The maximum atomic E-state index is 5.59. The van der Waals surface area contributed by atoms with Gasteiger partial charge in [-0.25, -0.2) is 4.98 Å². The fraction of sp³-hybridized carbons (Fsp3) is 0.421. The van der Waals surface area contributed by atoms with Gasteiger partial charge in [0.25, 0.3) is 0 Å². The summed E-state index contributed by atoms with van der Waals surface area (Å²) in [5, 5.41) is 0. The van der Waals surface area contributed by atoms with Crippen molar-refractivity contribution in [1.82, 2.24) is 9.88 Å². The highest BCUT2D eigenvalue weighted by Gasteiger charge is 2.27. The molecule has 0 bridgehead atoms. The molecule has 0 radical (unpaired) electrons. The normalized spacial score (nSPS) is 17.7. The van der Waals surface area contributed by atoms with Crippen LogP contribution in [0.2, 0.25) is 0 Å². The number of likely N-dealkylation sites (tertiary alicyclic amines) is 1. The minimum atomic E-state index is 0.459. The molecule has 3 rings (SSSR count). The van der Waals surface area contributed by atoms with Crippen molar-refractivity contribution in [2.75, 3.05) is 34.4 Å². The predicted molar refractivity (Wildman–Crippen MR) is 93.0 cm³/mol. The molecule has 2 heterocycles. The van der Waals surface area contributed by atoms with Gasteiger partial charge in [0.05, 0.1) is 21.3 Å². The first-order valence-electron chi connectivity index (χ1n) is 8.17. The maximum absolute atomic E-state index is 5.59. The molecule has 0 saturated carbocycles. The molecule has 0 aliphatic carbocycles. The third-order valence-electron chi connectivity index (χ3n) is 4.56. The van der Waals surface area contributed by atoms with E-state index in [-0.39, 0.29) is 0 Å². The van der Waals surface area contributed by atoms with Gasteiger partial charge in [-0.2, -0.15) is 0 Å². The van der Waals surface area contributed by atoms with Gasteiger partial charge in [-0.15, -0.1) is 0 Å². The zero-order valence-corrected chi connectivity index (χ0v) is 14.5. The van der Waals surface area contributed by atoms with Crippen molar-refractivity contribution >= 4 is 0 Å². The van der Waals surface area contributed by atoms with E-state index in [1.807, 2.05) is 24.4 Å². The van der Waals surface area contributed by atoms with E-state index in [4.69, 9.17) is 14.2 Å². The Hall–Kier alpha value is -2.27. The van der Waals surface area contributed by atoms with Crippen LogP contribution in [0.4, 0.5) is 0 Å². The van der Waals surface area contributed by atoms with E-state index in [1.165, 1.54) is 11.1 Å². The van der Waals surface area contributed by atoms with Crippen molar-refractivity contribution in [1.29, 1.82) is 0 Å². The van der Waals surface area contributed by atoms with Crippen LogP contribution in [-0.4, -0.2) is 44.3 Å². The second-order valence-electron chi connectivity index (χ2n) is 6.01. The molecule has 2 aromatic rings. The highest BCUT2D eigenvalue weighted by atomic mass is 16.5. The molecular weight excluding hydrogens is 304 g/mol. The number of ether oxygens (including phenoxy) is 3. The fourth-order valence-electron chi connectivity index (χ4n) is 3.35. The standard InChI is InChI=1S/C19H24N2O3/c1-22-17-6-4-5-16(19(17)24-3)15-9-10-21(13-15)12-14-7-8-18(23-2)20-11-14/h4-8,11,15H,9-10,12-13H2,1-3H3. The van der Waals surface area contributed by atoms with Gasteiger partial charge in [0.1, 0.15) is 0 Å². The summed E-state index contributed by atoms with van der Waals surface area (Å²) in [6, 6.07) is 10.1. The lowest BCUT2D eigenvalue weighted by Gasteiger charge is -2.19. The zero-order valence-electron chi connectivity index (χ0n) is 14.5. The number of benzene rings is 1. The average Bonchev–Trinajstić information content (AvgIpc) is 3.09. The SMILES string of the molecule is COc1ccc(CN2CCC(c3cccc(OC)c3OC)C2)cn1. The number of nitrogens with zero attached hydrogens (tertiary/aromatic N) is 2. The van der Waals surface area contributed by atoms with E-state index in [0.717, 1.165) is 37.6 Å². The molecule has 0 spiro atoms. The van der Waals surface area contributed by atoms with E-state index in [2.05, 4.69) is 22.0 Å². The van der Waals surface area contributed by atoms with Crippen LogP contribution in [-0.2, 0) is 6.54 Å². The molecule has 1 aromatic carbocycles. The van der Waals surface area contributed by atoms with Crippen molar-refractivity contribution in [3.05, 3.63) is 47.7 Å². The van der Waals surface area contributed by atoms with Crippen molar-refractivity contribution in [2.45, 2.75) is 18.9 Å². The molecule has 5 nitrogen and oxygen atoms in total. The van der Waals surface area contributed by atoms with E-state index in [0.29, 0.717) is 11.8 Å². The van der Waals surface area contributed by atoms with Crippen LogP contribution in [0, 0.1) is 0 Å². The topological polar surface area (TPSA) is 43.8 Å². The van der Waals surface area contributed by atoms with E-state index in [9.17, 15) is 0 Å². The summed E-state index contributed by atoms with van der Waals surface area (Å²) in [5.41, 5.74) is 2.43. The Morgan fingerprint density at radius 2 is 1.96 bits per heavy atom. The number of hydrogen-bond acceptors (Lipinski definition) is 5. The van der Waals surface area contributed by atoms with Gasteiger partial charge < -0.3 is 14.2 Å². The van der Waals surface area contributed by atoms with Gasteiger partial charge in [0, 0.05) is 36.8 Å². The Morgan fingerprint density at radius 1 is 1.08 bits per heavy atom. The Bertz CT molecular complexity index is 673. The smallest absolute Gasteiger partial charge is 0.212 e. The maximum Gasteiger partial charge on any atom is 0.212 e. The summed E-state index contributed by atoms with van der Waals surface area (Å²) in [7, 11) is 5.02. The number of aromatic nitrogens is 1. The summed E-state index contributed by atoms with van der Waals surface area (Å²) in [4.78, 5) is 6.73. The monoisotopic (exact) mass is 328 g/mol. The van der Waals surface area contributed by atoms with E-state index >= 15 is 0 Å². The molecule has 1 saturated heterocycles. The van der Waals surface area contributed by atoms with Crippen LogP contribution < -0.4 is 14.2 Å². The summed E-state index contributed by atoms with van der Waals surface area (Å²) in [6.45, 7) is 2.98. The highest BCUT2D eigenvalue weighted by Crippen LogP contribution is 2.39. The van der Waals surface area contributed by atoms with E-state index < -0.39 is 0 Å². The van der Waals surface area contributed by atoms with Crippen LogP contribution in [0.5, 0.6) is 17.4 Å². The van der Waals surface area contributed by atoms with Crippen LogP contribution in [0.3, 0.4) is 0 Å². The van der Waals surface area contributed by atoms with Crippen molar-refractivity contribution in [3.63, 3.8) is 0 Å². The summed E-state index contributed by atoms with van der Waals surface area (Å²) in [6.07, 6.45) is 3.01. The Morgan fingerprint density at radius 3 is 2.62 bits per heavy atom. The summed E-state index contributed by atoms with van der Waals surface area (Å²) < 4.78 is 16.1. The van der Waals surface area contributed by atoms with Crippen molar-refractivity contribution in [3.8, 4) is 17.4 Å². The van der Waals surface area contributed by atoms with Gasteiger partial charge in [0.2, 0.25) is 5.88 Å². The van der Waals surface area contributed by atoms with Gasteiger partial charge in [0.15, 0.2) is 11.5 Å². The first kappa shape index (κ1) is 16.6. The fourth-order valence-corrected chi connectivity index (χ4v) is 3.35. The molecular formula is C19H24N2O3. The number of methoxy groups -OCH3 is 3. The van der Waals surface area contributed by atoms with Gasteiger partial charge >= 0.3 is 0 Å². The molecule has 1 aromatic heterocycles. The van der Waals surface area contributed by atoms with Crippen LogP contribution in [0.1, 0.15) is 23.5 Å². The third kappa shape index (κ3) is 3.46. The molecule has 0 amide bonds. The van der Waals surface area contributed by atoms with Crippen LogP contribution >= 0.6 is 0 Å². The molecule has 128 valence electrons. The van der Waals surface area contributed by atoms with E-state index in [1.54, 1.807) is 21.3 Å². The van der Waals surface area contributed by atoms with Gasteiger partial charge in [-0.05, 0) is 24.6 Å². The number of rotatable bonds is 6. The minimum Gasteiger partial charge on any atom is -0.493 e. The molecule has 1 atom stereocenters. The van der Waals surface area contributed by atoms with Crippen molar-refractivity contribution < 1.29 is 14.2 Å². The molecule has 1 unspecified atom stereocenters. The molecule has 5 heteroatoms. The number of pyridine rings is 1. The lowest BCUT2D eigenvalue weighted by atomic mass is 9.97. The third-order valence-corrected chi connectivity index (χ3v) is 4.56. The summed E-state index contributed by atoms with van der Waals surface area (Å²) >= 11 is 0. The van der Waals surface area contributed by atoms with Crippen molar-refractivity contribution in [2.24, 2.45) is 0 Å². The largest absolute Gasteiger partial charge is 0.493 e. The lowest BCUT2D eigenvalue weighted by Crippen LogP contribution is -2.20. The van der Waals surface area contributed by atoms with Crippen LogP contribution in [0.15, 0.2) is 36.5 Å². The first-order chi connectivity index (χ1) is 11.7. The molecule has 1 fully saturated rings. The van der Waals surface area contributed by atoms with Gasteiger partial charge in [-0.1, -0.05) is 18.2 Å². The molecule has 24 heavy (non-hydrogen) atoms. The predicted octanol–water partition coefficient (Wildman–Crippen LogP) is 3.10. The second kappa shape index (κ2) is 7.53. The lowest BCUT2D eigenvalue weighted by molar-refractivity contribution is 0.322. The number of para-hydroxylation sites is 1. The first-order valence-corrected chi connectivity index (χ1v) is 8.17. The number of hydrogen-bond donors (Lipinski definition) is 0. The zero-order chi connectivity index (χ0) is 16.9. The average molecular weight is 328 g/mol. The van der Waals surface area contributed by atoms with Crippen LogP contribution in [0.25, 0.3) is 0 Å². The summed E-state index contributed by atoms with van der Waals surface area (Å²) in [5.74, 6) is 2.77. The molecule has 1 aliphatic rings. The second-order valence-corrected chi connectivity index (χ2v) is 6.01. The highest BCUT2D eigenvalue weighted by molar-refractivity contribution is 5.48. The minimum absolute atomic E-state index is 0.459. The molecule has 1 aliphatic heterocycles.